The lowest BCUT2D eigenvalue weighted by molar-refractivity contribution is 0.0953. The highest BCUT2D eigenvalue weighted by Gasteiger charge is 2.16. The molecule has 23 heavy (non-hydrogen) atoms. The molecular formula is C15H22N6O2. The van der Waals surface area contributed by atoms with Crippen LogP contribution in [0.1, 0.15) is 34.6 Å². The first-order valence-electron chi connectivity index (χ1n) is 7.55. The van der Waals surface area contributed by atoms with Gasteiger partial charge < -0.3 is 20.5 Å². The van der Waals surface area contributed by atoms with Gasteiger partial charge in [-0.25, -0.2) is 9.97 Å². The Labute approximate surface area is 135 Å². The van der Waals surface area contributed by atoms with Gasteiger partial charge in [-0.15, -0.1) is 0 Å². The molecule has 1 amide bonds. The van der Waals surface area contributed by atoms with Crippen LogP contribution in [-0.2, 0) is 0 Å². The zero-order valence-corrected chi connectivity index (χ0v) is 13.9. The molecule has 0 fully saturated rings. The molecule has 0 aliphatic heterocycles. The van der Waals surface area contributed by atoms with Crippen LogP contribution in [0.5, 0.6) is 0 Å². The Morgan fingerprint density at radius 3 is 2.43 bits per heavy atom. The number of carbonyl (C=O) groups is 1. The number of amides is 1. The first kappa shape index (κ1) is 16.7. The topological polar surface area (TPSA) is 105 Å². The van der Waals surface area contributed by atoms with Crippen LogP contribution in [0.15, 0.2) is 10.6 Å². The molecular weight excluding hydrogens is 296 g/mol. The molecule has 0 aliphatic rings. The van der Waals surface area contributed by atoms with Gasteiger partial charge in [0.2, 0.25) is 0 Å². The molecule has 0 aliphatic carbocycles. The molecule has 3 N–H and O–H groups in total. The van der Waals surface area contributed by atoms with Crippen LogP contribution in [0.2, 0.25) is 0 Å². The maximum atomic E-state index is 12.1. The molecule has 0 unspecified atom stereocenters. The smallest absolute Gasteiger partial charge is 0.256 e. The molecule has 8 nitrogen and oxygen atoms in total. The van der Waals surface area contributed by atoms with Crippen molar-refractivity contribution in [1.82, 2.24) is 20.4 Å². The van der Waals surface area contributed by atoms with Crippen LogP contribution in [0, 0.1) is 20.8 Å². The van der Waals surface area contributed by atoms with Crippen molar-refractivity contribution in [3.63, 3.8) is 0 Å². The summed E-state index contributed by atoms with van der Waals surface area (Å²) >= 11 is 0. The van der Waals surface area contributed by atoms with Gasteiger partial charge in [0.05, 0.1) is 5.69 Å². The summed E-state index contributed by atoms with van der Waals surface area (Å²) in [5.74, 6) is 2.53. The lowest BCUT2D eigenvalue weighted by Gasteiger charge is -2.10. The molecule has 0 spiro atoms. The summed E-state index contributed by atoms with van der Waals surface area (Å²) in [6.07, 6.45) is 0. The number of aromatic nitrogens is 3. The van der Waals surface area contributed by atoms with E-state index in [4.69, 9.17) is 4.52 Å². The normalized spacial score (nSPS) is 10.4. The third kappa shape index (κ3) is 4.41. The van der Waals surface area contributed by atoms with E-state index in [1.165, 1.54) is 0 Å². The number of rotatable bonds is 7. The Balaban J connectivity index is 1.85. The molecule has 0 atom stereocenters. The van der Waals surface area contributed by atoms with Crippen LogP contribution >= 0.6 is 0 Å². The predicted molar refractivity (Wildman–Crippen MR) is 87.7 cm³/mol. The molecule has 2 heterocycles. The monoisotopic (exact) mass is 318 g/mol. The van der Waals surface area contributed by atoms with Crippen molar-refractivity contribution in [3.05, 3.63) is 28.9 Å². The van der Waals surface area contributed by atoms with E-state index in [1.807, 2.05) is 19.9 Å². The van der Waals surface area contributed by atoms with Gasteiger partial charge in [-0.05, 0) is 27.7 Å². The van der Waals surface area contributed by atoms with Crippen molar-refractivity contribution in [2.24, 2.45) is 0 Å². The van der Waals surface area contributed by atoms with E-state index in [1.54, 1.807) is 13.8 Å². The Kier molecular flexibility index (Phi) is 5.51. The fourth-order valence-corrected chi connectivity index (χ4v) is 2.19. The first-order valence-corrected chi connectivity index (χ1v) is 7.55. The number of hydrogen-bond acceptors (Lipinski definition) is 7. The summed E-state index contributed by atoms with van der Waals surface area (Å²) in [7, 11) is 0. The van der Waals surface area contributed by atoms with E-state index in [0.29, 0.717) is 35.9 Å². The van der Waals surface area contributed by atoms with Crippen molar-refractivity contribution in [3.8, 4) is 0 Å². The highest BCUT2D eigenvalue weighted by molar-refractivity contribution is 5.96. The van der Waals surface area contributed by atoms with Crippen LogP contribution in [0.3, 0.4) is 0 Å². The summed E-state index contributed by atoms with van der Waals surface area (Å²) in [6, 6.07) is 1.84. The molecule has 0 saturated carbocycles. The second-order valence-electron chi connectivity index (χ2n) is 5.10. The van der Waals surface area contributed by atoms with Gasteiger partial charge in [-0.2, -0.15) is 0 Å². The number of nitrogens with zero attached hydrogens (tertiary/aromatic N) is 3. The number of anilines is 2. The molecule has 8 heteroatoms. The molecule has 2 aromatic heterocycles. The molecule has 2 aromatic rings. The number of carbonyl (C=O) groups excluding carboxylic acids is 1. The van der Waals surface area contributed by atoms with E-state index in [-0.39, 0.29) is 5.91 Å². The Morgan fingerprint density at radius 2 is 1.83 bits per heavy atom. The average Bonchev–Trinajstić information content (AvgIpc) is 2.82. The van der Waals surface area contributed by atoms with Crippen LogP contribution in [0.25, 0.3) is 0 Å². The summed E-state index contributed by atoms with van der Waals surface area (Å²) in [5.41, 5.74) is 1.09. The maximum Gasteiger partial charge on any atom is 0.256 e. The molecule has 0 bridgehead atoms. The minimum atomic E-state index is -0.185. The standard InChI is InChI=1S/C15H22N6O2/c1-5-16-12-8-13(20-11(4)19-12)17-6-7-18-15(22)14-9(2)21-23-10(14)3/h8H,5-7H2,1-4H3,(H,18,22)(H2,16,17,19,20). The number of nitrogens with one attached hydrogen (secondary N) is 3. The zero-order chi connectivity index (χ0) is 16.8. The van der Waals surface area contributed by atoms with Gasteiger partial charge in [0.15, 0.2) is 0 Å². The van der Waals surface area contributed by atoms with E-state index >= 15 is 0 Å². The lowest BCUT2D eigenvalue weighted by atomic mass is 10.2. The van der Waals surface area contributed by atoms with Crippen LogP contribution in [0.4, 0.5) is 11.6 Å². The predicted octanol–water partition coefficient (Wildman–Crippen LogP) is 1.66. The third-order valence-electron chi connectivity index (χ3n) is 3.17. The van der Waals surface area contributed by atoms with E-state index in [0.717, 1.165) is 18.2 Å². The minimum absolute atomic E-state index is 0.185. The van der Waals surface area contributed by atoms with Gasteiger partial charge >= 0.3 is 0 Å². The highest BCUT2D eigenvalue weighted by atomic mass is 16.5. The van der Waals surface area contributed by atoms with Crippen LogP contribution in [-0.4, -0.2) is 40.7 Å². The Bertz CT molecular complexity index is 663. The van der Waals surface area contributed by atoms with Gasteiger partial charge in [0.1, 0.15) is 28.8 Å². The summed E-state index contributed by atoms with van der Waals surface area (Å²) in [4.78, 5) is 20.7. The van der Waals surface area contributed by atoms with Gasteiger partial charge in [0.25, 0.3) is 5.91 Å². The number of aryl methyl sites for hydroxylation is 3. The molecule has 124 valence electrons. The highest BCUT2D eigenvalue weighted by Crippen LogP contribution is 2.12. The second-order valence-corrected chi connectivity index (χ2v) is 5.10. The lowest BCUT2D eigenvalue weighted by Crippen LogP contribution is -2.29. The largest absolute Gasteiger partial charge is 0.370 e. The summed E-state index contributed by atoms with van der Waals surface area (Å²) in [5, 5.41) is 12.9. The van der Waals surface area contributed by atoms with Gasteiger partial charge in [-0.3, -0.25) is 4.79 Å². The second kappa shape index (κ2) is 7.57. The van der Waals surface area contributed by atoms with Crippen molar-refractivity contribution in [1.29, 1.82) is 0 Å². The fraction of sp³-hybridized carbons (Fsp3) is 0.467. The quantitative estimate of drug-likeness (QED) is 0.667. The van der Waals surface area contributed by atoms with E-state index in [2.05, 4.69) is 31.1 Å². The van der Waals surface area contributed by atoms with Gasteiger partial charge in [0, 0.05) is 25.7 Å². The average molecular weight is 318 g/mol. The molecule has 2 rings (SSSR count). The van der Waals surface area contributed by atoms with Crippen molar-refractivity contribution in [2.75, 3.05) is 30.3 Å². The minimum Gasteiger partial charge on any atom is -0.370 e. The van der Waals surface area contributed by atoms with E-state index < -0.39 is 0 Å². The van der Waals surface area contributed by atoms with Crippen molar-refractivity contribution >= 4 is 17.5 Å². The van der Waals surface area contributed by atoms with Crippen molar-refractivity contribution < 1.29 is 9.32 Å². The van der Waals surface area contributed by atoms with Gasteiger partial charge in [-0.1, -0.05) is 5.16 Å². The molecule has 0 radical (unpaired) electrons. The summed E-state index contributed by atoms with van der Waals surface area (Å²) < 4.78 is 4.99. The Morgan fingerprint density at radius 1 is 1.13 bits per heavy atom. The van der Waals surface area contributed by atoms with Crippen molar-refractivity contribution in [2.45, 2.75) is 27.7 Å². The molecule has 0 saturated heterocycles. The third-order valence-corrected chi connectivity index (χ3v) is 3.17. The zero-order valence-electron chi connectivity index (χ0n) is 13.9. The van der Waals surface area contributed by atoms with Crippen LogP contribution < -0.4 is 16.0 Å². The van der Waals surface area contributed by atoms with E-state index in [9.17, 15) is 4.79 Å². The maximum absolute atomic E-state index is 12.1. The molecule has 0 aromatic carbocycles. The Hall–Kier alpha value is -2.64. The fourth-order valence-electron chi connectivity index (χ4n) is 2.19. The number of hydrogen-bond donors (Lipinski definition) is 3. The first-order chi connectivity index (χ1) is 11.0. The SMILES string of the molecule is CCNc1cc(NCCNC(=O)c2c(C)noc2C)nc(C)n1. The summed E-state index contributed by atoms with van der Waals surface area (Å²) in [6.45, 7) is 9.12.